The minimum absolute atomic E-state index is 0.0954. The van der Waals surface area contributed by atoms with Gasteiger partial charge in [0.15, 0.2) is 5.75 Å². The van der Waals surface area contributed by atoms with Crippen LogP contribution < -0.4 is 10.1 Å². The van der Waals surface area contributed by atoms with Crippen LogP contribution in [0.3, 0.4) is 0 Å². The van der Waals surface area contributed by atoms with E-state index in [1.54, 1.807) is 42.5 Å². The number of aryl methyl sites for hydroxylation is 1. The quantitative estimate of drug-likeness (QED) is 0.275. The van der Waals surface area contributed by atoms with Crippen molar-refractivity contribution in [1.29, 1.82) is 5.26 Å². The Morgan fingerprint density at radius 2 is 1.72 bits per heavy atom. The Hall–Kier alpha value is -2.68. The van der Waals surface area contributed by atoms with E-state index in [9.17, 15) is 10.1 Å². The molecule has 1 amide bonds. The molecular weight excluding hydrogens is 490 g/mol. The standard InChI is InChI=1S/C24H16Cl4N2O2/c1-14-4-2-3-5-22(14)30-24(31)17(12-29)8-15-9-20(27)23(21(28)10-15)32-13-16-6-7-18(25)11-19(16)26/h2-11H,13H2,1H3,(H,30,31)/b17-8-. The van der Waals surface area contributed by atoms with E-state index in [0.717, 1.165) is 5.56 Å². The van der Waals surface area contributed by atoms with Crippen LogP contribution in [0.5, 0.6) is 5.75 Å². The van der Waals surface area contributed by atoms with Crippen LogP contribution in [0.2, 0.25) is 20.1 Å². The number of nitrogens with one attached hydrogen (secondary N) is 1. The zero-order valence-electron chi connectivity index (χ0n) is 16.8. The maximum atomic E-state index is 12.5. The Bertz CT molecular complexity index is 1230. The van der Waals surface area contributed by atoms with Crippen molar-refractivity contribution in [1.82, 2.24) is 0 Å². The number of benzene rings is 3. The lowest BCUT2D eigenvalue weighted by molar-refractivity contribution is -0.112. The maximum Gasteiger partial charge on any atom is 0.266 e. The molecule has 3 aromatic rings. The highest BCUT2D eigenvalue weighted by atomic mass is 35.5. The number of hydrogen-bond donors (Lipinski definition) is 1. The van der Waals surface area contributed by atoms with Crippen molar-refractivity contribution >= 4 is 64.1 Å². The molecule has 1 N–H and O–H groups in total. The fraction of sp³-hybridized carbons (Fsp3) is 0.0833. The van der Waals surface area contributed by atoms with Gasteiger partial charge in [-0.3, -0.25) is 4.79 Å². The van der Waals surface area contributed by atoms with Crippen LogP contribution in [0.1, 0.15) is 16.7 Å². The Labute approximate surface area is 205 Å². The average molecular weight is 506 g/mol. The molecule has 0 unspecified atom stereocenters. The highest BCUT2D eigenvalue weighted by Gasteiger charge is 2.14. The average Bonchev–Trinajstić information content (AvgIpc) is 2.74. The van der Waals surface area contributed by atoms with Crippen molar-refractivity contribution in [3.8, 4) is 11.8 Å². The van der Waals surface area contributed by atoms with Crippen LogP contribution in [-0.2, 0) is 11.4 Å². The van der Waals surface area contributed by atoms with Crippen molar-refractivity contribution in [2.75, 3.05) is 5.32 Å². The van der Waals surface area contributed by atoms with Gasteiger partial charge in [-0.2, -0.15) is 5.26 Å². The fourth-order valence-corrected chi connectivity index (χ4v) is 3.88. The van der Waals surface area contributed by atoms with E-state index in [1.165, 1.54) is 6.08 Å². The third-order valence-corrected chi connectivity index (χ3v) is 5.63. The number of carbonyl (C=O) groups is 1. The number of anilines is 1. The van der Waals surface area contributed by atoms with E-state index in [1.807, 2.05) is 25.1 Å². The molecule has 0 aliphatic heterocycles. The molecular formula is C24H16Cl4N2O2. The van der Waals surface area contributed by atoms with Gasteiger partial charge in [0.25, 0.3) is 5.91 Å². The maximum absolute atomic E-state index is 12.5. The van der Waals surface area contributed by atoms with E-state index >= 15 is 0 Å². The SMILES string of the molecule is Cc1ccccc1NC(=O)/C(C#N)=C\c1cc(Cl)c(OCc2ccc(Cl)cc2Cl)c(Cl)c1. The van der Waals surface area contributed by atoms with Gasteiger partial charge in [0, 0.05) is 21.3 Å². The number of amides is 1. The highest BCUT2D eigenvalue weighted by Crippen LogP contribution is 2.36. The molecule has 0 aliphatic carbocycles. The summed E-state index contributed by atoms with van der Waals surface area (Å²) in [4.78, 5) is 12.5. The first-order valence-corrected chi connectivity index (χ1v) is 10.8. The largest absolute Gasteiger partial charge is 0.486 e. The lowest BCUT2D eigenvalue weighted by Gasteiger charge is -2.12. The Balaban J connectivity index is 1.79. The van der Waals surface area contributed by atoms with E-state index in [2.05, 4.69) is 5.32 Å². The zero-order valence-corrected chi connectivity index (χ0v) is 19.8. The van der Waals surface area contributed by atoms with Crippen molar-refractivity contribution < 1.29 is 9.53 Å². The summed E-state index contributed by atoms with van der Waals surface area (Å²) in [6, 6.07) is 17.4. The second kappa shape index (κ2) is 10.8. The first kappa shape index (κ1) is 24.0. The van der Waals surface area contributed by atoms with E-state index in [0.29, 0.717) is 26.9 Å². The monoisotopic (exact) mass is 504 g/mol. The lowest BCUT2D eigenvalue weighted by atomic mass is 10.1. The molecule has 0 spiro atoms. The second-order valence-corrected chi connectivity index (χ2v) is 8.43. The molecule has 4 nitrogen and oxygen atoms in total. The van der Waals surface area contributed by atoms with Gasteiger partial charge in [0.2, 0.25) is 0 Å². The molecule has 0 bridgehead atoms. The minimum Gasteiger partial charge on any atom is -0.486 e. The lowest BCUT2D eigenvalue weighted by Crippen LogP contribution is -2.14. The molecule has 32 heavy (non-hydrogen) atoms. The van der Waals surface area contributed by atoms with Gasteiger partial charge in [-0.15, -0.1) is 0 Å². The molecule has 8 heteroatoms. The smallest absolute Gasteiger partial charge is 0.266 e. The molecule has 162 valence electrons. The second-order valence-electron chi connectivity index (χ2n) is 6.78. The number of rotatable bonds is 6. The van der Waals surface area contributed by atoms with Crippen molar-refractivity contribution in [3.05, 3.63) is 97.0 Å². The van der Waals surface area contributed by atoms with E-state index < -0.39 is 5.91 Å². The van der Waals surface area contributed by atoms with Crippen molar-refractivity contribution in [2.24, 2.45) is 0 Å². The van der Waals surface area contributed by atoms with Gasteiger partial charge in [0.05, 0.1) is 10.0 Å². The first-order valence-electron chi connectivity index (χ1n) is 9.33. The minimum atomic E-state index is -0.535. The van der Waals surface area contributed by atoms with Gasteiger partial charge < -0.3 is 10.1 Å². The molecule has 0 aromatic heterocycles. The first-order chi connectivity index (χ1) is 15.3. The Morgan fingerprint density at radius 3 is 2.34 bits per heavy atom. The number of nitrogens with zero attached hydrogens (tertiary/aromatic N) is 1. The Morgan fingerprint density at radius 1 is 1.03 bits per heavy atom. The van der Waals surface area contributed by atoms with Crippen LogP contribution in [0.25, 0.3) is 6.08 Å². The van der Waals surface area contributed by atoms with Crippen LogP contribution in [0, 0.1) is 18.3 Å². The van der Waals surface area contributed by atoms with Crippen molar-refractivity contribution in [3.63, 3.8) is 0 Å². The van der Waals surface area contributed by atoms with Crippen LogP contribution >= 0.6 is 46.4 Å². The summed E-state index contributed by atoms with van der Waals surface area (Å²) in [7, 11) is 0. The third kappa shape index (κ3) is 5.97. The number of nitriles is 1. The number of carbonyl (C=O) groups excluding carboxylic acids is 1. The van der Waals surface area contributed by atoms with Gasteiger partial charge in [-0.25, -0.2) is 0 Å². The zero-order chi connectivity index (χ0) is 23.3. The van der Waals surface area contributed by atoms with Gasteiger partial charge in [0.1, 0.15) is 18.2 Å². The molecule has 0 radical (unpaired) electrons. The molecule has 3 aromatic carbocycles. The molecule has 0 aliphatic rings. The van der Waals surface area contributed by atoms with Gasteiger partial charge in [-0.1, -0.05) is 70.7 Å². The molecule has 0 saturated heterocycles. The van der Waals surface area contributed by atoms with Gasteiger partial charge in [-0.05, 0) is 54.5 Å². The number of hydrogen-bond acceptors (Lipinski definition) is 3. The summed E-state index contributed by atoms with van der Waals surface area (Å²) >= 11 is 24.8. The van der Waals surface area contributed by atoms with Crippen molar-refractivity contribution in [2.45, 2.75) is 13.5 Å². The van der Waals surface area contributed by atoms with Crippen LogP contribution in [0.15, 0.2) is 60.2 Å². The fourth-order valence-electron chi connectivity index (χ4n) is 2.81. The predicted molar refractivity (Wildman–Crippen MR) is 131 cm³/mol. The Kier molecular flexibility index (Phi) is 8.06. The third-order valence-electron chi connectivity index (χ3n) is 4.48. The molecule has 3 rings (SSSR count). The summed E-state index contributed by atoms with van der Waals surface area (Å²) in [6.07, 6.45) is 1.41. The molecule has 0 fully saturated rings. The van der Waals surface area contributed by atoms with Crippen LogP contribution in [-0.4, -0.2) is 5.91 Å². The summed E-state index contributed by atoms with van der Waals surface area (Å²) in [5.74, 6) is -0.272. The predicted octanol–water partition coefficient (Wildman–Crippen LogP) is 7.73. The summed E-state index contributed by atoms with van der Waals surface area (Å²) in [5, 5.41) is 13.6. The molecule has 0 heterocycles. The van der Waals surface area contributed by atoms with E-state index in [4.69, 9.17) is 51.1 Å². The normalized spacial score (nSPS) is 11.1. The number of para-hydroxylation sites is 1. The van der Waals surface area contributed by atoms with Crippen LogP contribution in [0.4, 0.5) is 5.69 Å². The van der Waals surface area contributed by atoms with Gasteiger partial charge >= 0.3 is 0 Å². The highest BCUT2D eigenvalue weighted by molar-refractivity contribution is 6.37. The summed E-state index contributed by atoms with van der Waals surface area (Å²) in [6.45, 7) is 1.99. The molecule has 0 atom stereocenters. The number of halogens is 4. The summed E-state index contributed by atoms with van der Waals surface area (Å²) in [5.41, 5.74) is 2.60. The molecule has 0 saturated carbocycles. The van der Waals surface area contributed by atoms with E-state index in [-0.39, 0.29) is 28.0 Å². The summed E-state index contributed by atoms with van der Waals surface area (Å²) < 4.78 is 5.74. The topological polar surface area (TPSA) is 62.1 Å². The number of ether oxygens (including phenoxy) is 1.